The van der Waals surface area contributed by atoms with Gasteiger partial charge in [-0.1, -0.05) is 11.5 Å². The van der Waals surface area contributed by atoms with Crippen LogP contribution in [0.3, 0.4) is 0 Å². The number of urea groups is 1. The number of carbonyl (C=O) groups is 2. The molecule has 0 unspecified atom stereocenters. The quantitative estimate of drug-likeness (QED) is 0.870. The van der Waals surface area contributed by atoms with Crippen molar-refractivity contribution in [1.29, 1.82) is 0 Å². The van der Waals surface area contributed by atoms with E-state index in [0.717, 1.165) is 24.2 Å². The summed E-state index contributed by atoms with van der Waals surface area (Å²) in [6.07, 6.45) is 2.42. The minimum Gasteiger partial charge on any atom is -0.481 e. The minimum absolute atomic E-state index is 0.0460. The molecule has 1 aliphatic carbocycles. The topological polar surface area (TPSA) is 105 Å². The van der Waals surface area contributed by atoms with Crippen molar-refractivity contribution in [3.8, 4) is 5.19 Å². The standard InChI is InChI=1S/C12H16N4O4S/c1-20-11-15-14-9(21-11)13-10(19)16-5-7-3-2-4-12(7,6-16)8(17)18/h7H,2-6H2,1H3,(H,17,18)(H,13,14,19)/t7-,12+/m0/s1. The number of amides is 2. The number of carboxylic acids is 1. The van der Waals surface area contributed by atoms with Gasteiger partial charge < -0.3 is 14.7 Å². The molecule has 8 nitrogen and oxygen atoms in total. The maximum Gasteiger partial charge on any atom is 0.323 e. The third kappa shape index (κ3) is 2.31. The van der Waals surface area contributed by atoms with E-state index in [9.17, 15) is 14.7 Å². The highest BCUT2D eigenvalue weighted by atomic mass is 32.1. The zero-order valence-electron chi connectivity index (χ0n) is 11.5. The van der Waals surface area contributed by atoms with E-state index in [1.807, 2.05) is 0 Å². The van der Waals surface area contributed by atoms with E-state index >= 15 is 0 Å². The first-order valence-corrected chi connectivity index (χ1v) is 7.53. The van der Waals surface area contributed by atoms with Gasteiger partial charge in [0.25, 0.3) is 5.19 Å². The third-order valence-corrected chi connectivity index (χ3v) is 5.18. The molecule has 0 bridgehead atoms. The molecule has 2 amide bonds. The van der Waals surface area contributed by atoms with E-state index in [1.165, 1.54) is 7.11 Å². The predicted octanol–water partition coefficient (Wildman–Crippen LogP) is 1.27. The zero-order valence-corrected chi connectivity index (χ0v) is 12.4. The molecular formula is C12H16N4O4S. The summed E-state index contributed by atoms with van der Waals surface area (Å²) in [6.45, 7) is 0.739. The second kappa shape index (κ2) is 5.14. The fourth-order valence-corrected chi connectivity index (χ4v) is 3.86. The van der Waals surface area contributed by atoms with Gasteiger partial charge in [0.15, 0.2) is 0 Å². The van der Waals surface area contributed by atoms with Crippen LogP contribution in [0.4, 0.5) is 9.93 Å². The minimum atomic E-state index is -0.794. The Kier molecular flexibility index (Phi) is 3.44. The molecule has 2 aliphatic rings. The summed E-state index contributed by atoms with van der Waals surface area (Å²) in [5.41, 5.74) is -0.768. The van der Waals surface area contributed by atoms with Gasteiger partial charge in [-0.2, -0.15) is 0 Å². The number of aliphatic carboxylic acids is 1. The van der Waals surface area contributed by atoms with Crippen molar-refractivity contribution in [2.75, 3.05) is 25.5 Å². The lowest BCUT2D eigenvalue weighted by Crippen LogP contribution is -2.38. The Morgan fingerprint density at radius 1 is 1.52 bits per heavy atom. The summed E-state index contributed by atoms with van der Waals surface area (Å²) in [5, 5.41) is 20.4. The third-order valence-electron chi connectivity index (χ3n) is 4.38. The molecule has 1 saturated heterocycles. The van der Waals surface area contributed by atoms with Crippen molar-refractivity contribution in [2.45, 2.75) is 19.3 Å². The smallest absolute Gasteiger partial charge is 0.323 e. The fraction of sp³-hybridized carbons (Fsp3) is 0.667. The van der Waals surface area contributed by atoms with E-state index < -0.39 is 11.4 Å². The van der Waals surface area contributed by atoms with Crippen LogP contribution < -0.4 is 10.1 Å². The van der Waals surface area contributed by atoms with Gasteiger partial charge in [-0.05, 0) is 30.1 Å². The van der Waals surface area contributed by atoms with Gasteiger partial charge in [0, 0.05) is 13.1 Å². The summed E-state index contributed by atoms with van der Waals surface area (Å²) >= 11 is 1.13. The van der Waals surface area contributed by atoms with Crippen LogP contribution in [0.1, 0.15) is 19.3 Å². The molecule has 21 heavy (non-hydrogen) atoms. The Hall–Kier alpha value is -1.90. The lowest BCUT2D eigenvalue weighted by Gasteiger charge is -2.23. The molecule has 0 spiro atoms. The van der Waals surface area contributed by atoms with E-state index in [4.69, 9.17) is 4.74 Å². The molecule has 1 aromatic rings. The van der Waals surface area contributed by atoms with Crippen molar-refractivity contribution >= 4 is 28.5 Å². The number of rotatable bonds is 3. The Balaban J connectivity index is 1.68. The number of aromatic nitrogens is 2. The number of hydrogen-bond acceptors (Lipinski definition) is 6. The van der Waals surface area contributed by atoms with E-state index in [2.05, 4.69) is 15.5 Å². The summed E-state index contributed by atoms with van der Waals surface area (Å²) in [6, 6.07) is -0.330. The summed E-state index contributed by atoms with van der Waals surface area (Å²) < 4.78 is 4.91. The second-order valence-corrected chi connectivity index (χ2v) is 6.38. The number of nitrogens with zero attached hydrogens (tertiary/aromatic N) is 3. The molecular weight excluding hydrogens is 296 g/mol. The van der Waals surface area contributed by atoms with Crippen LogP contribution in [-0.2, 0) is 4.79 Å². The number of anilines is 1. The number of hydrogen-bond donors (Lipinski definition) is 2. The number of carboxylic acid groups (broad SMARTS) is 1. The van der Waals surface area contributed by atoms with Crippen LogP contribution in [0.2, 0.25) is 0 Å². The second-order valence-electron chi connectivity index (χ2n) is 5.44. The maximum atomic E-state index is 12.2. The molecule has 9 heteroatoms. The number of carbonyl (C=O) groups excluding carboxylic acids is 1. The number of nitrogens with one attached hydrogen (secondary N) is 1. The van der Waals surface area contributed by atoms with Gasteiger partial charge >= 0.3 is 12.0 Å². The molecule has 1 saturated carbocycles. The maximum absolute atomic E-state index is 12.2. The first-order chi connectivity index (χ1) is 10.0. The summed E-state index contributed by atoms with van der Waals surface area (Å²) in [4.78, 5) is 25.4. The molecule has 1 aromatic heterocycles. The number of fused-ring (bicyclic) bond motifs is 1. The van der Waals surface area contributed by atoms with Crippen molar-refractivity contribution in [3.05, 3.63) is 0 Å². The Labute approximate surface area is 125 Å². The molecule has 2 N–H and O–H groups in total. The number of methoxy groups -OCH3 is 1. The molecule has 0 aromatic carbocycles. The van der Waals surface area contributed by atoms with Gasteiger partial charge in [0.05, 0.1) is 12.5 Å². The Morgan fingerprint density at radius 3 is 2.95 bits per heavy atom. The van der Waals surface area contributed by atoms with Gasteiger partial charge in [-0.3, -0.25) is 10.1 Å². The first-order valence-electron chi connectivity index (χ1n) is 6.72. The lowest BCUT2D eigenvalue weighted by atomic mass is 9.81. The van der Waals surface area contributed by atoms with Crippen LogP contribution in [0, 0.1) is 11.3 Å². The molecule has 0 radical (unpaired) electrons. The average molecular weight is 312 g/mol. The van der Waals surface area contributed by atoms with Crippen molar-refractivity contribution in [2.24, 2.45) is 11.3 Å². The van der Waals surface area contributed by atoms with Crippen LogP contribution in [0.5, 0.6) is 5.19 Å². The Morgan fingerprint density at radius 2 is 2.33 bits per heavy atom. The molecule has 114 valence electrons. The van der Waals surface area contributed by atoms with Crippen LogP contribution in [-0.4, -0.2) is 52.4 Å². The number of likely N-dealkylation sites (tertiary alicyclic amines) is 1. The van der Waals surface area contributed by atoms with Crippen molar-refractivity contribution < 1.29 is 19.4 Å². The van der Waals surface area contributed by atoms with Gasteiger partial charge in [0.2, 0.25) is 5.13 Å². The molecule has 2 fully saturated rings. The van der Waals surface area contributed by atoms with Gasteiger partial charge in [-0.25, -0.2) is 4.79 Å². The molecule has 3 rings (SSSR count). The highest BCUT2D eigenvalue weighted by molar-refractivity contribution is 7.17. The monoisotopic (exact) mass is 312 g/mol. The predicted molar refractivity (Wildman–Crippen MR) is 74.5 cm³/mol. The average Bonchev–Trinajstić information content (AvgIpc) is 3.11. The first kappa shape index (κ1) is 14.1. The Bertz CT molecular complexity index is 577. The lowest BCUT2D eigenvalue weighted by molar-refractivity contribution is -0.149. The fourth-order valence-electron chi connectivity index (χ4n) is 3.31. The molecule has 2 heterocycles. The van der Waals surface area contributed by atoms with E-state index in [-0.39, 0.29) is 18.5 Å². The normalized spacial score (nSPS) is 27.5. The highest BCUT2D eigenvalue weighted by Crippen LogP contribution is 2.48. The van der Waals surface area contributed by atoms with Crippen LogP contribution >= 0.6 is 11.3 Å². The van der Waals surface area contributed by atoms with Crippen molar-refractivity contribution in [3.63, 3.8) is 0 Å². The van der Waals surface area contributed by atoms with Gasteiger partial charge in [-0.15, -0.1) is 5.10 Å². The molecule has 2 atom stereocenters. The highest BCUT2D eigenvalue weighted by Gasteiger charge is 2.55. The zero-order chi connectivity index (χ0) is 15.0. The summed E-state index contributed by atoms with van der Waals surface area (Å²) in [7, 11) is 1.48. The van der Waals surface area contributed by atoms with E-state index in [0.29, 0.717) is 23.3 Å². The molecule has 1 aliphatic heterocycles. The SMILES string of the molecule is COc1nnc(NC(=O)N2C[C@@H]3CCC[C@@]3(C(=O)O)C2)s1. The van der Waals surface area contributed by atoms with Crippen molar-refractivity contribution in [1.82, 2.24) is 15.1 Å². The van der Waals surface area contributed by atoms with Crippen LogP contribution in [0.25, 0.3) is 0 Å². The summed E-state index contributed by atoms with van der Waals surface area (Å²) in [5.74, 6) is -0.748. The largest absolute Gasteiger partial charge is 0.481 e. The van der Waals surface area contributed by atoms with E-state index in [1.54, 1.807) is 4.90 Å². The number of ether oxygens (including phenoxy) is 1. The van der Waals surface area contributed by atoms with Crippen LogP contribution in [0.15, 0.2) is 0 Å². The van der Waals surface area contributed by atoms with Gasteiger partial charge in [0.1, 0.15) is 0 Å².